The SMILES string of the molecule is Cc1cncc(CNCc2cccc(C)n2)c1. The van der Waals surface area contributed by atoms with Crippen molar-refractivity contribution >= 4 is 0 Å². The Balaban J connectivity index is 1.87. The fourth-order valence-electron chi connectivity index (χ4n) is 1.75. The van der Waals surface area contributed by atoms with Crippen LogP contribution in [0.3, 0.4) is 0 Å². The number of aromatic nitrogens is 2. The second-order valence-corrected chi connectivity index (χ2v) is 4.24. The summed E-state index contributed by atoms with van der Waals surface area (Å²) in [7, 11) is 0. The summed E-state index contributed by atoms with van der Waals surface area (Å²) in [5.41, 5.74) is 4.53. The fraction of sp³-hybridized carbons (Fsp3) is 0.286. The van der Waals surface area contributed by atoms with Gasteiger partial charge >= 0.3 is 0 Å². The van der Waals surface area contributed by atoms with Gasteiger partial charge in [0.05, 0.1) is 5.69 Å². The first-order valence-electron chi connectivity index (χ1n) is 5.78. The molecule has 0 atom stereocenters. The average Bonchev–Trinajstić information content (AvgIpc) is 2.29. The molecule has 0 saturated heterocycles. The Morgan fingerprint density at radius 1 is 1.12 bits per heavy atom. The van der Waals surface area contributed by atoms with Gasteiger partial charge in [-0.05, 0) is 37.1 Å². The molecule has 0 fully saturated rings. The van der Waals surface area contributed by atoms with Gasteiger partial charge in [-0.25, -0.2) is 0 Å². The zero-order valence-electron chi connectivity index (χ0n) is 10.3. The van der Waals surface area contributed by atoms with Crippen molar-refractivity contribution in [1.82, 2.24) is 15.3 Å². The quantitative estimate of drug-likeness (QED) is 0.871. The molecule has 0 bridgehead atoms. The van der Waals surface area contributed by atoms with E-state index in [1.54, 1.807) is 0 Å². The van der Waals surface area contributed by atoms with Crippen molar-refractivity contribution in [3.8, 4) is 0 Å². The highest BCUT2D eigenvalue weighted by molar-refractivity contribution is 5.16. The summed E-state index contributed by atoms with van der Waals surface area (Å²) in [6.45, 7) is 5.67. The van der Waals surface area contributed by atoms with E-state index in [-0.39, 0.29) is 0 Å². The van der Waals surface area contributed by atoms with Crippen LogP contribution in [0, 0.1) is 13.8 Å². The maximum absolute atomic E-state index is 4.44. The molecule has 2 rings (SSSR count). The van der Waals surface area contributed by atoms with Gasteiger partial charge in [0.2, 0.25) is 0 Å². The van der Waals surface area contributed by atoms with Crippen LogP contribution in [0.2, 0.25) is 0 Å². The summed E-state index contributed by atoms with van der Waals surface area (Å²) in [5.74, 6) is 0. The number of rotatable bonds is 4. The van der Waals surface area contributed by atoms with Crippen LogP contribution in [0.25, 0.3) is 0 Å². The van der Waals surface area contributed by atoms with Crippen LogP contribution in [0.1, 0.15) is 22.5 Å². The van der Waals surface area contributed by atoms with Crippen molar-refractivity contribution in [2.45, 2.75) is 26.9 Å². The lowest BCUT2D eigenvalue weighted by Gasteiger charge is -2.05. The molecule has 17 heavy (non-hydrogen) atoms. The zero-order valence-corrected chi connectivity index (χ0v) is 10.3. The lowest BCUT2D eigenvalue weighted by Crippen LogP contribution is -2.14. The molecule has 0 unspecified atom stereocenters. The summed E-state index contributed by atoms with van der Waals surface area (Å²) in [4.78, 5) is 8.61. The van der Waals surface area contributed by atoms with E-state index >= 15 is 0 Å². The Bertz CT molecular complexity index is 449. The maximum Gasteiger partial charge on any atom is 0.0544 e. The Morgan fingerprint density at radius 2 is 2.00 bits per heavy atom. The molecule has 3 nitrogen and oxygen atoms in total. The van der Waals surface area contributed by atoms with Crippen LogP contribution in [-0.4, -0.2) is 9.97 Å². The first-order chi connectivity index (χ1) is 8.24. The van der Waals surface area contributed by atoms with Gasteiger partial charge in [0.1, 0.15) is 0 Å². The molecule has 0 saturated carbocycles. The Labute approximate surface area is 102 Å². The standard InChI is InChI=1S/C14H17N3/c1-11-6-13(8-15-7-11)9-16-10-14-5-3-4-12(2)17-14/h3-8,16H,9-10H2,1-2H3. The van der Waals surface area contributed by atoms with Crippen LogP contribution >= 0.6 is 0 Å². The highest BCUT2D eigenvalue weighted by Crippen LogP contribution is 2.02. The minimum absolute atomic E-state index is 0.787. The van der Waals surface area contributed by atoms with Crippen LogP contribution in [0.15, 0.2) is 36.7 Å². The smallest absolute Gasteiger partial charge is 0.0544 e. The topological polar surface area (TPSA) is 37.8 Å². The molecule has 88 valence electrons. The lowest BCUT2D eigenvalue weighted by atomic mass is 10.2. The summed E-state index contributed by atoms with van der Waals surface area (Å²) < 4.78 is 0. The molecule has 0 aliphatic heterocycles. The van der Waals surface area contributed by atoms with E-state index in [0.717, 1.165) is 24.5 Å². The van der Waals surface area contributed by atoms with Crippen molar-refractivity contribution in [3.05, 3.63) is 59.2 Å². The first kappa shape index (κ1) is 11.7. The van der Waals surface area contributed by atoms with Crippen LogP contribution in [0.4, 0.5) is 0 Å². The Hall–Kier alpha value is -1.74. The van der Waals surface area contributed by atoms with Gasteiger partial charge in [-0.1, -0.05) is 12.1 Å². The molecular weight excluding hydrogens is 210 g/mol. The van der Waals surface area contributed by atoms with Crippen LogP contribution in [0.5, 0.6) is 0 Å². The van der Waals surface area contributed by atoms with Crippen molar-refractivity contribution in [1.29, 1.82) is 0 Å². The molecule has 0 aliphatic carbocycles. The van der Waals surface area contributed by atoms with E-state index in [1.165, 1.54) is 11.1 Å². The largest absolute Gasteiger partial charge is 0.307 e. The van der Waals surface area contributed by atoms with Gasteiger partial charge in [0.25, 0.3) is 0 Å². The summed E-state index contributed by atoms with van der Waals surface area (Å²) in [6.07, 6.45) is 3.76. The van der Waals surface area contributed by atoms with Crippen molar-refractivity contribution < 1.29 is 0 Å². The third-order valence-corrected chi connectivity index (χ3v) is 2.51. The van der Waals surface area contributed by atoms with Gasteiger partial charge < -0.3 is 5.32 Å². The predicted molar refractivity (Wildman–Crippen MR) is 68.5 cm³/mol. The van der Waals surface area contributed by atoms with E-state index in [9.17, 15) is 0 Å². The van der Waals surface area contributed by atoms with E-state index in [2.05, 4.69) is 28.3 Å². The summed E-state index contributed by atoms with van der Waals surface area (Å²) in [5, 5.41) is 3.37. The maximum atomic E-state index is 4.44. The molecule has 2 aromatic rings. The van der Waals surface area contributed by atoms with Gasteiger partial charge in [-0.2, -0.15) is 0 Å². The van der Waals surface area contributed by atoms with Crippen LogP contribution < -0.4 is 5.32 Å². The van der Waals surface area contributed by atoms with Gasteiger partial charge in [0.15, 0.2) is 0 Å². The number of nitrogens with zero attached hydrogens (tertiary/aromatic N) is 2. The number of pyridine rings is 2. The van der Waals surface area contributed by atoms with Crippen molar-refractivity contribution in [2.75, 3.05) is 0 Å². The Kier molecular flexibility index (Phi) is 3.83. The highest BCUT2D eigenvalue weighted by Gasteiger charge is 1.96. The molecule has 0 aromatic carbocycles. The van der Waals surface area contributed by atoms with Crippen LogP contribution in [-0.2, 0) is 13.1 Å². The summed E-state index contributed by atoms with van der Waals surface area (Å²) >= 11 is 0. The van der Waals surface area contributed by atoms with Crippen molar-refractivity contribution in [3.63, 3.8) is 0 Å². The normalized spacial score (nSPS) is 10.5. The fourth-order valence-corrected chi connectivity index (χ4v) is 1.75. The highest BCUT2D eigenvalue weighted by atomic mass is 14.9. The Morgan fingerprint density at radius 3 is 2.76 bits per heavy atom. The first-order valence-corrected chi connectivity index (χ1v) is 5.78. The number of nitrogens with one attached hydrogen (secondary N) is 1. The minimum atomic E-state index is 0.787. The second-order valence-electron chi connectivity index (χ2n) is 4.24. The van der Waals surface area contributed by atoms with Gasteiger partial charge in [-0.15, -0.1) is 0 Å². The summed E-state index contributed by atoms with van der Waals surface area (Å²) in [6, 6.07) is 8.22. The number of hydrogen-bond donors (Lipinski definition) is 1. The van der Waals surface area contributed by atoms with E-state index in [0.29, 0.717) is 0 Å². The molecular formula is C14H17N3. The zero-order chi connectivity index (χ0) is 12.1. The molecule has 0 spiro atoms. The predicted octanol–water partition coefficient (Wildman–Crippen LogP) is 2.38. The lowest BCUT2D eigenvalue weighted by molar-refractivity contribution is 0.676. The molecule has 0 amide bonds. The molecule has 0 aliphatic rings. The third-order valence-electron chi connectivity index (χ3n) is 2.51. The van der Waals surface area contributed by atoms with E-state index in [1.807, 2.05) is 37.5 Å². The monoisotopic (exact) mass is 227 g/mol. The van der Waals surface area contributed by atoms with E-state index < -0.39 is 0 Å². The molecule has 2 aromatic heterocycles. The van der Waals surface area contributed by atoms with Gasteiger partial charge in [-0.3, -0.25) is 9.97 Å². The molecule has 0 radical (unpaired) electrons. The minimum Gasteiger partial charge on any atom is -0.307 e. The second kappa shape index (κ2) is 5.55. The molecule has 2 heterocycles. The average molecular weight is 227 g/mol. The van der Waals surface area contributed by atoms with Gasteiger partial charge in [0, 0.05) is 31.2 Å². The third kappa shape index (κ3) is 3.64. The molecule has 1 N–H and O–H groups in total. The van der Waals surface area contributed by atoms with Crippen molar-refractivity contribution in [2.24, 2.45) is 0 Å². The number of aryl methyl sites for hydroxylation is 2. The molecule has 3 heteroatoms. The van der Waals surface area contributed by atoms with E-state index in [4.69, 9.17) is 0 Å². The number of hydrogen-bond acceptors (Lipinski definition) is 3.